The van der Waals surface area contributed by atoms with Crippen LogP contribution in [0.25, 0.3) is 21.3 Å². The zero-order valence-electron chi connectivity index (χ0n) is 40.1. The fraction of sp³-hybridized carbons (Fsp3) is 0.453. The van der Waals surface area contributed by atoms with Crippen molar-refractivity contribution in [3.05, 3.63) is 105 Å². The quantitative estimate of drug-likeness (QED) is 0.0908. The summed E-state index contributed by atoms with van der Waals surface area (Å²) in [6, 6.07) is 17.9. The molecule has 1 aliphatic carbocycles. The second kappa shape index (κ2) is 19.3. The highest BCUT2D eigenvalue weighted by atomic mass is 32.1. The van der Waals surface area contributed by atoms with Crippen molar-refractivity contribution < 1.29 is 29.1 Å². The number of aliphatic hydroxyl groups is 1. The monoisotopic (exact) mass is 938 g/mol. The molecule has 68 heavy (non-hydrogen) atoms. The summed E-state index contributed by atoms with van der Waals surface area (Å²) in [7, 11) is 0. The largest absolute Gasteiger partial charge is 0.391 e. The second-order valence-corrected chi connectivity index (χ2v) is 21.0. The van der Waals surface area contributed by atoms with Crippen LogP contribution in [0.2, 0.25) is 0 Å². The summed E-state index contributed by atoms with van der Waals surface area (Å²) in [4.78, 5) is 83.1. The van der Waals surface area contributed by atoms with Gasteiger partial charge >= 0.3 is 0 Å². The number of nitrogens with zero attached hydrogens (tertiary/aromatic N) is 5. The summed E-state index contributed by atoms with van der Waals surface area (Å²) < 4.78 is 0. The van der Waals surface area contributed by atoms with Crippen LogP contribution in [0.3, 0.4) is 0 Å². The number of unbranched alkanes of at least 4 members (excludes halogenated alkanes) is 1. The van der Waals surface area contributed by atoms with Crippen LogP contribution in [0.1, 0.15) is 123 Å². The smallest absolute Gasteiger partial charge is 0.246 e. The van der Waals surface area contributed by atoms with E-state index < -0.39 is 34.9 Å². The number of nitrogens with one attached hydrogen (secondary N) is 3. The van der Waals surface area contributed by atoms with E-state index in [1.54, 1.807) is 23.5 Å². The molecule has 5 aromatic rings. The van der Waals surface area contributed by atoms with Gasteiger partial charge in [0.1, 0.15) is 12.1 Å². The van der Waals surface area contributed by atoms with Crippen LogP contribution in [-0.2, 0) is 37.6 Å². The topological polar surface area (TPSA) is 192 Å². The number of amides is 4. The molecular weight excluding hydrogens is 877 g/mol. The van der Waals surface area contributed by atoms with Crippen molar-refractivity contribution in [3.8, 4) is 16.5 Å². The molecule has 8 rings (SSSR count). The van der Waals surface area contributed by atoms with Crippen LogP contribution in [0.15, 0.2) is 60.1 Å². The summed E-state index contributed by atoms with van der Waals surface area (Å²) in [5.74, 6) is -1.08. The Kier molecular flexibility index (Phi) is 13.7. The SMILES string of the molecule is CCc1cc2c(cc1N1CCN(C(=O)CCCCC(=O)N[C@H](C(=O)N3C[C@H](O)C[C@H]3C(=O)NCc3ccc(-c4scnc4C)cc3)C(C)(C)C)CC1)C(C)(C)c1[nH]c3cc(C#N)ccc3c1C2=O. The van der Waals surface area contributed by atoms with Crippen molar-refractivity contribution in [2.24, 2.45) is 5.41 Å². The number of anilines is 1. The van der Waals surface area contributed by atoms with E-state index in [1.807, 2.05) is 74.5 Å². The number of aliphatic hydroxyl groups excluding tert-OH is 1. The first-order valence-electron chi connectivity index (χ1n) is 23.8. The Morgan fingerprint density at radius 2 is 1.74 bits per heavy atom. The van der Waals surface area contributed by atoms with Crippen LogP contribution in [-0.4, -0.2) is 105 Å². The fourth-order valence-electron chi connectivity index (χ4n) is 10.1. The lowest BCUT2D eigenvalue weighted by Crippen LogP contribution is -2.57. The number of aryl methyl sites for hydroxylation is 2. The predicted molar refractivity (Wildman–Crippen MR) is 263 cm³/mol. The van der Waals surface area contributed by atoms with Gasteiger partial charge in [-0.05, 0) is 78.1 Å². The molecule has 3 aliphatic rings. The van der Waals surface area contributed by atoms with Crippen LogP contribution >= 0.6 is 11.3 Å². The standard InChI is InChI=1S/C53H62N8O6S/c1-8-34-24-38-39(53(6,7)48-45(46(38)65)37-18-15-33(27-54)23-40(37)57-48)26-41(34)59-19-21-60(22-20-59)44(64)12-10-9-11-43(63)58-49(52(3,4)5)51(67)61-29-36(62)25-42(61)50(66)55-28-32-13-16-35(17-14-32)47-31(2)56-30-68-47/h13-18,23-24,26,30,36,42,49,57,62H,8-12,19-22,25,28-29H2,1-7H3,(H,55,66)(H,58,63)/t36-,42+,49-/m1/s1. The maximum atomic E-state index is 14.1. The second-order valence-electron chi connectivity index (χ2n) is 20.1. The molecule has 3 aromatic carbocycles. The van der Waals surface area contributed by atoms with E-state index in [0.717, 1.165) is 61.5 Å². The number of ketones is 1. The Balaban J connectivity index is 0.819. The van der Waals surface area contributed by atoms with Gasteiger partial charge in [0.05, 0.1) is 39.4 Å². The molecule has 2 saturated heterocycles. The number of thiazole rings is 1. The minimum Gasteiger partial charge on any atom is -0.391 e. The van der Waals surface area contributed by atoms with Gasteiger partial charge in [-0.1, -0.05) is 71.9 Å². The van der Waals surface area contributed by atoms with E-state index >= 15 is 0 Å². The van der Waals surface area contributed by atoms with Crippen LogP contribution < -0.4 is 15.5 Å². The Morgan fingerprint density at radius 1 is 1.01 bits per heavy atom. The van der Waals surface area contributed by atoms with Crippen molar-refractivity contribution in [2.45, 2.75) is 117 Å². The molecule has 4 N–H and O–H groups in total. The van der Waals surface area contributed by atoms with Crippen molar-refractivity contribution in [2.75, 3.05) is 37.6 Å². The first-order chi connectivity index (χ1) is 32.4. The average Bonchev–Trinajstić information content (AvgIpc) is 4.06. The first-order valence-corrected chi connectivity index (χ1v) is 24.6. The van der Waals surface area contributed by atoms with Crippen molar-refractivity contribution in [1.82, 2.24) is 30.4 Å². The summed E-state index contributed by atoms with van der Waals surface area (Å²) >= 11 is 1.57. The number of aromatic nitrogens is 2. The molecule has 2 aromatic heterocycles. The molecule has 0 saturated carbocycles. The summed E-state index contributed by atoms with van der Waals surface area (Å²) in [6.07, 6.45) is 1.37. The number of carbonyl (C=O) groups is 5. The third-order valence-electron chi connectivity index (χ3n) is 14.0. The van der Waals surface area contributed by atoms with E-state index in [2.05, 4.69) is 58.4 Å². The van der Waals surface area contributed by atoms with Gasteiger partial charge in [-0.25, -0.2) is 4.98 Å². The number of hydrogen-bond acceptors (Lipinski definition) is 10. The van der Waals surface area contributed by atoms with Crippen molar-refractivity contribution in [3.63, 3.8) is 0 Å². The molecule has 15 heteroatoms. The number of likely N-dealkylation sites (tertiary alicyclic amines) is 1. The van der Waals surface area contributed by atoms with Crippen LogP contribution in [0.5, 0.6) is 0 Å². The van der Waals surface area contributed by atoms with E-state index in [4.69, 9.17) is 0 Å². The number of β-amino-alcohol motifs (C(OH)–C–C–N with tert-alkyl or cyclic N) is 1. The van der Waals surface area contributed by atoms with Gasteiger partial charge in [-0.2, -0.15) is 5.26 Å². The molecule has 4 heterocycles. The van der Waals surface area contributed by atoms with E-state index in [9.17, 15) is 34.3 Å². The highest BCUT2D eigenvalue weighted by Gasteiger charge is 2.45. The molecule has 356 valence electrons. The lowest BCUT2D eigenvalue weighted by Gasteiger charge is -2.39. The zero-order valence-corrected chi connectivity index (χ0v) is 40.9. The van der Waals surface area contributed by atoms with Crippen LogP contribution in [0.4, 0.5) is 5.69 Å². The van der Waals surface area contributed by atoms with Gasteiger partial charge in [0.2, 0.25) is 23.6 Å². The molecule has 0 spiro atoms. The van der Waals surface area contributed by atoms with Gasteiger partial charge < -0.3 is 35.4 Å². The number of H-pyrrole nitrogens is 1. The van der Waals surface area contributed by atoms with E-state index in [1.165, 1.54) is 4.90 Å². The number of rotatable bonds is 13. The maximum absolute atomic E-state index is 14.1. The third-order valence-corrected chi connectivity index (χ3v) is 15.0. The molecule has 0 bridgehead atoms. The Bertz CT molecular complexity index is 2810. The Labute approximate surface area is 402 Å². The average molecular weight is 939 g/mol. The molecule has 3 atom stereocenters. The fourth-order valence-corrected chi connectivity index (χ4v) is 10.9. The van der Waals surface area contributed by atoms with Crippen LogP contribution in [0, 0.1) is 23.7 Å². The van der Waals surface area contributed by atoms with E-state index in [-0.39, 0.29) is 49.4 Å². The number of nitriles is 1. The summed E-state index contributed by atoms with van der Waals surface area (Å²) in [5, 5.41) is 26.8. The lowest BCUT2D eigenvalue weighted by molar-refractivity contribution is -0.144. The molecular formula is C53H62N8O6S. The Hall–Kier alpha value is -6.37. The number of piperazine rings is 1. The first kappa shape index (κ1) is 48.1. The molecule has 0 radical (unpaired) electrons. The predicted octanol–water partition coefficient (Wildman–Crippen LogP) is 6.92. The minimum absolute atomic E-state index is 0.0102. The minimum atomic E-state index is -0.934. The number of fused-ring (bicyclic) bond motifs is 4. The molecule has 0 unspecified atom stereocenters. The van der Waals surface area contributed by atoms with Gasteiger partial charge in [-0.3, -0.25) is 24.0 Å². The highest BCUT2D eigenvalue weighted by Crippen LogP contribution is 2.46. The molecule has 2 aliphatic heterocycles. The number of benzene rings is 3. The Morgan fingerprint density at radius 3 is 2.40 bits per heavy atom. The summed E-state index contributed by atoms with van der Waals surface area (Å²) in [5.41, 5.74) is 10.2. The molecule has 4 amide bonds. The highest BCUT2D eigenvalue weighted by molar-refractivity contribution is 7.13. The normalized spacial score (nSPS) is 18.2. The van der Waals surface area contributed by atoms with Gasteiger partial charge in [0.15, 0.2) is 5.78 Å². The van der Waals surface area contributed by atoms with E-state index in [0.29, 0.717) is 62.1 Å². The van der Waals surface area contributed by atoms with Gasteiger partial charge in [-0.15, -0.1) is 11.3 Å². The summed E-state index contributed by atoms with van der Waals surface area (Å²) in [6.45, 7) is 16.5. The number of hydrogen-bond donors (Lipinski definition) is 4. The third kappa shape index (κ3) is 9.53. The zero-order chi connectivity index (χ0) is 48.7. The maximum Gasteiger partial charge on any atom is 0.246 e. The molecule has 2 fully saturated rings. The number of aromatic amines is 1. The number of carbonyl (C=O) groups excluding carboxylic acids is 5. The van der Waals surface area contributed by atoms with Gasteiger partial charge in [0, 0.05) is 91.8 Å². The van der Waals surface area contributed by atoms with Gasteiger partial charge in [0.25, 0.3) is 0 Å². The molecule has 14 nitrogen and oxygen atoms in total. The lowest BCUT2D eigenvalue weighted by atomic mass is 9.70. The van der Waals surface area contributed by atoms with Crippen molar-refractivity contribution in [1.29, 1.82) is 5.26 Å². The van der Waals surface area contributed by atoms with Crippen molar-refractivity contribution >= 4 is 57.3 Å².